The van der Waals surface area contributed by atoms with Gasteiger partial charge in [-0.3, -0.25) is 14.3 Å². The minimum atomic E-state index is -0.322. The second-order valence-electron chi connectivity index (χ2n) is 5.86. The molecule has 2 aromatic rings. The Kier molecular flexibility index (Phi) is 5.57. The zero-order chi connectivity index (χ0) is 17.7. The summed E-state index contributed by atoms with van der Waals surface area (Å²) in [5.74, 6) is 0.203. The second-order valence-corrected chi connectivity index (χ2v) is 5.86. The summed E-state index contributed by atoms with van der Waals surface area (Å²) < 4.78 is 6.59. The van der Waals surface area contributed by atoms with E-state index in [1.807, 2.05) is 13.8 Å². The average Bonchev–Trinajstić information content (AvgIpc) is 2.94. The minimum Gasteiger partial charge on any atom is -0.479 e. The number of benzene rings is 1. The van der Waals surface area contributed by atoms with Gasteiger partial charge in [-0.2, -0.15) is 0 Å². The van der Waals surface area contributed by atoms with E-state index in [1.165, 1.54) is 11.8 Å². The summed E-state index contributed by atoms with van der Waals surface area (Å²) in [7, 11) is 3.17. The molecule has 0 spiro atoms. The standard InChI is InChI=1S/C17H22N4O3/c1-11(2)9-18-15(22)12-5-7-13(8-6-12)19-16(23)14-10-21(3)20-17(14)24-4/h5-8,10-11H,9H2,1-4H3,(H,18,22)(H,19,23). The fourth-order valence-corrected chi connectivity index (χ4v) is 2.08. The maximum Gasteiger partial charge on any atom is 0.262 e. The molecule has 0 radical (unpaired) electrons. The second kappa shape index (κ2) is 7.63. The van der Waals surface area contributed by atoms with Gasteiger partial charge in [0.1, 0.15) is 5.56 Å². The van der Waals surface area contributed by atoms with E-state index < -0.39 is 0 Å². The van der Waals surface area contributed by atoms with Crippen LogP contribution in [0.3, 0.4) is 0 Å². The van der Waals surface area contributed by atoms with Gasteiger partial charge in [0.05, 0.1) is 7.11 Å². The minimum absolute atomic E-state index is 0.129. The molecule has 0 fully saturated rings. The SMILES string of the molecule is COc1nn(C)cc1C(=O)Nc1ccc(C(=O)NCC(C)C)cc1. The lowest BCUT2D eigenvalue weighted by Gasteiger charge is -2.09. The lowest BCUT2D eigenvalue weighted by Crippen LogP contribution is -2.27. The molecule has 24 heavy (non-hydrogen) atoms. The van der Waals surface area contributed by atoms with Crippen LogP contribution in [0.5, 0.6) is 5.88 Å². The Morgan fingerprint density at radius 3 is 2.46 bits per heavy atom. The largest absolute Gasteiger partial charge is 0.479 e. The first kappa shape index (κ1) is 17.5. The van der Waals surface area contributed by atoms with Crippen molar-refractivity contribution in [3.05, 3.63) is 41.6 Å². The molecule has 0 aliphatic rings. The number of hydrogen-bond donors (Lipinski definition) is 2. The van der Waals surface area contributed by atoms with E-state index in [9.17, 15) is 9.59 Å². The molecule has 0 atom stereocenters. The van der Waals surface area contributed by atoms with E-state index >= 15 is 0 Å². The number of nitrogens with zero attached hydrogens (tertiary/aromatic N) is 2. The molecule has 2 amide bonds. The molecule has 0 aliphatic heterocycles. The zero-order valence-corrected chi connectivity index (χ0v) is 14.3. The van der Waals surface area contributed by atoms with Crippen molar-refractivity contribution in [2.45, 2.75) is 13.8 Å². The number of aromatic nitrogens is 2. The molecule has 1 aromatic heterocycles. The van der Waals surface area contributed by atoms with Crippen molar-refractivity contribution in [3.8, 4) is 5.88 Å². The molecular formula is C17H22N4O3. The van der Waals surface area contributed by atoms with Gasteiger partial charge in [-0.25, -0.2) is 0 Å². The van der Waals surface area contributed by atoms with Crippen LogP contribution in [0.15, 0.2) is 30.5 Å². The Morgan fingerprint density at radius 1 is 1.21 bits per heavy atom. The van der Waals surface area contributed by atoms with Gasteiger partial charge in [-0.05, 0) is 30.2 Å². The van der Waals surface area contributed by atoms with E-state index in [4.69, 9.17) is 4.74 Å². The third-order valence-electron chi connectivity index (χ3n) is 3.31. The van der Waals surface area contributed by atoms with Gasteiger partial charge in [-0.15, -0.1) is 5.10 Å². The molecule has 2 rings (SSSR count). The zero-order valence-electron chi connectivity index (χ0n) is 14.3. The predicted molar refractivity (Wildman–Crippen MR) is 91.3 cm³/mol. The maximum absolute atomic E-state index is 12.3. The molecule has 0 saturated carbocycles. The summed E-state index contributed by atoms with van der Waals surface area (Å²) in [5, 5.41) is 9.65. The normalized spacial score (nSPS) is 10.5. The molecule has 128 valence electrons. The number of hydrogen-bond acceptors (Lipinski definition) is 4. The molecule has 0 unspecified atom stereocenters. The third kappa shape index (κ3) is 4.34. The molecule has 7 nitrogen and oxygen atoms in total. The van der Waals surface area contributed by atoms with Crippen molar-refractivity contribution < 1.29 is 14.3 Å². The molecule has 0 bridgehead atoms. The highest BCUT2D eigenvalue weighted by Gasteiger charge is 2.16. The van der Waals surface area contributed by atoms with Crippen molar-refractivity contribution in [1.82, 2.24) is 15.1 Å². The molecule has 7 heteroatoms. The summed E-state index contributed by atoms with van der Waals surface area (Å²) in [5.41, 5.74) is 1.48. The first-order chi connectivity index (χ1) is 11.4. The van der Waals surface area contributed by atoms with Crippen molar-refractivity contribution in [3.63, 3.8) is 0 Å². The van der Waals surface area contributed by atoms with Gasteiger partial charge >= 0.3 is 0 Å². The summed E-state index contributed by atoms with van der Waals surface area (Å²) in [4.78, 5) is 24.2. The number of nitrogens with one attached hydrogen (secondary N) is 2. The number of amides is 2. The smallest absolute Gasteiger partial charge is 0.262 e. The lowest BCUT2D eigenvalue weighted by atomic mass is 10.1. The summed E-state index contributed by atoms with van der Waals surface area (Å²) >= 11 is 0. The highest BCUT2D eigenvalue weighted by Crippen LogP contribution is 2.17. The molecule has 0 saturated heterocycles. The van der Waals surface area contributed by atoms with Gasteiger partial charge < -0.3 is 15.4 Å². The summed E-state index contributed by atoms with van der Waals surface area (Å²) in [6.07, 6.45) is 1.59. The van der Waals surface area contributed by atoms with Gasteiger partial charge in [0.25, 0.3) is 11.8 Å². The van der Waals surface area contributed by atoms with Gasteiger partial charge in [0.2, 0.25) is 5.88 Å². The Morgan fingerprint density at radius 2 is 1.88 bits per heavy atom. The van der Waals surface area contributed by atoms with E-state index in [1.54, 1.807) is 37.5 Å². The number of ether oxygens (including phenoxy) is 1. The van der Waals surface area contributed by atoms with Crippen LogP contribution >= 0.6 is 0 Å². The van der Waals surface area contributed by atoms with Crippen molar-refractivity contribution in [2.75, 3.05) is 19.0 Å². The van der Waals surface area contributed by atoms with Crippen molar-refractivity contribution >= 4 is 17.5 Å². The van der Waals surface area contributed by atoms with Gasteiger partial charge in [0.15, 0.2) is 0 Å². The Balaban J connectivity index is 2.03. The van der Waals surface area contributed by atoms with E-state index in [2.05, 4.69) is 15.7 Å². The van der Waals surface area contributed by atoms with Crippen LogP contribution in [0.25, 0.3) is 0 Å². The van der Waals surface area contributed by atoms with Crippen LogP contribution in [-0.2, 0) is 7.05 Å². The molecule has 1 heterocycles. The summed E-state index contributed by atoms with van der Waals surface area (Å²) in [6, 6.07) is 6.72. The van der Waals surface area contributed by atoms with Crippen LogP contribution in [0.4, 0.5) is 5.69 Å². The summed E-state index contributed by atoms with van der Waals surface area (Å²) in [6.45, 7) is 4.69. The Hall–Kier alpha value is -2.83. The number of anilines is 1. The van der Waals surface area contributed by atoms with Crippen LogP contribution in [0.2, 0.25) is 0 Å². The average molecular weight is 330 g/mol. The van der Waals surface area contributed by atoms with E-state index in [0.717, 1.165) is 0 Å². The molecule has 1 aromatic carbocycles. The molecule has 0 aliphatic carbocycles. The van der Waals surface area contributed by atoms with E-state index in [-0.39, 0.29) is 17.7 Å². The lowest BCUT2D eigenvalue weighted by molar-refractivity contribution is 0.0948. The number of carbonyl (C=O) groups is 2. The first-order valence-corrected chi connectivity index (χ1v) is 7.68. The first-order valence-electron chi connectivity index (χ1n) is 7.68. The molecular weight excluding hydrogens is 308 g/mol. The fraction of sp³-hybridized carbons (Fsp3) is 0.353. The Bertz CT molecular complexity index is 720. The van der Waals surface area contributed by atoms with Crippen LogP contribution in [-0.4, -0.2) is 35.2 Å². The molecule has 2 N–H and O–H groups in total. The van der Waals surface area contributed by atoms with Gasteiger partial charge in [0, 0.05) is 31.0 Å². The predicted octanol–water partition coefficient (Wildman–Crippen LogP) is 2.07. The van der Waals surface area contributed by atoms with Crippen LogP contribution in [0.1, 0.15) is 34.6 Å². The fourth-order valence-electron chi connectivity index (χ4n) is 2.08. The quantitative estimate of drug-likeness (QED) is 0.849. The van der Waals surface area contributed by atoms with Crippen molar-refractivity contribution in [1.29, 1.82) is 0 Å². The van der Waals surface area contributed by atoms with Crippen LogP contribution < -0.4 is 15.4 Å². The van der Waals surface area contributed by atoms with E-state index in [0.29, 0.717) is 29.3 Å². The van der Waals surface area contributed by atoms with Gasteiger partial charge in [-0.1, -0.05) is 13.8 Å². The van der Waals surface area contributed by atoms with Crippen LogP contribution in [0, 0.1) is 5.92 Å². The number of rotatable bonds is 6. The number of carbonyl (C=O) groups excluding carboxylic acids is 2. The third-order valence-corrected chi connectivity index (χ3v) is 3.31. The number of methoxy groups -OCH3 is 1. The monoisotopic (exact) mass is 330 g/mol. The topological polar surface area (TPSA) is 85.2 Å². The maximum atomic E-state index is 12.3. The highest BCUT2D eigenvalue weighted by atomic mass is 16.5. The van der Waals surface area contributed by atoms with Crippen molar-refractivity contribution in [2.24, 2.45) is 13.0 Å². The Labute approximate surface area is 141 Å². The number of aryl methyl sites for hydroxylation is 1. The highest BCUT2D eigenvalue weighted by molar-refractivity contribution is 6.06.